The lowest BCUT2D eigenvalue weighted by molar-refractivity contribution is 0.0524. The summed E-state index contributed by atoms with van der Waals surface area (Å²) in [6.07, 6.45) is 1.30. The monoisotopic (exact) mass is 266 g/mol. The molecule has 6 heteroatoms. The molecule has 2 heterocycles. The average Bonchev–Trinajstić information content (AvgIpc) is 2.30. The number of rotatable bonds is 2. The van der Waals surface area contributed by atoms with Crippen LogP contribution in [0.4, 0.5) is 0 Å². The molecule has 0 aliphatic rings. The van der Waals surface area contributed by atoms with E-state index in [1.54, 1.807) is 19.9 Å². The van der Waals surface area contributed by atoms with Crippen LogP contribution in [0.1, 0.15) is 23.0 Å². The van der Waals surface area contributed by atoms with Gasteiger partial charge in [-0.3, -0.25) is 4.79 Å². The van der Waals surface area contributed by atoms with Gasteiger partial charge in [-0.15, -0.1) is 0 Å². The Morgan fingerprint density at radius 1 is 1.56 bits per heavy atom. The Labute approximate surface area is 108 Å². The van der Waals surface area contributed by atoms with Gasteiger partial charge in [0.05, 0.1) is 17.5 Å². The zero-order valence-corrected chi connectivity index (χ0v) is 10.7. The summed E-state index contributed by atoms with van der Waals surface area (Å²) in [4.78, 5) is 30.6. The number of aromatic nitrogens is 2. The lowest BCUT2D eigenvalue weighted by Gasteiger charge is -2.05. The second kappa shape index (κ2) is 4.78. The summed E-state index contributed by atoms with van der Waals surface area (Å²) in [5, 5.41) is 0.538. The van der Waals surface area contributed by atoms with Crippen molar-refractivity contribution in [1.29, 1.82) is 0 Å². The molecule has 0 fully saturated rings. The third-order valence-electron chi connectivity index (χ3n) is 2.45. The molecule has 5 nitrogen and oxygen atoms in total. The highest BCUT2D eigenvalue weighted by Gasteiger charge is 2.15. The highest BCUT2D eigenvalue weighted by Crippen LogP contribution is 2.18. The van der Waals surface area contributed by atoms with E-state index in [4.69, 9.17) is 16.3 Å². The minimum Gasteiger partial charge on any atom is -0.462 e. The van der Waals surface area contributed by atoms with Crippen LogP contribution in [0.2, 0.25) is 5.15 Å². The maximum atomic E-state index is 12.1. The molecular formula is C12H11ClN2O3. The molecule has 0 spiro atoms. The number of ether oxygens (including phenoxy) is 1. The van der Waals surface area contributed by atoms with Crippen molar-refractivity contribution in [3.05, 3.63) is 38.9 Å². The smallest absolute Gasteiger partial charge is 0.343 e. The molecule has 0 saturated carbocycles. The summed E-state index contributed by atoms with van der Waals surface area (Å²) in [5.74, 6) is -0.647. The van der Waals surface area contributed by atoms with Gasteiger partial charge >= 0.3 is 5.97 Å². The number of halogens is 1. The molecular weight excluding hydrogens is 256 g/mol. The predicted octanol–water partition coefficient (Wildman–Crippen LogP) is 2.06. The number of hydrogen-bond donors (Lipinski definition) is 1. The van der Waals surface area contributed by atoms with E-state index >= 15 is 0 Å². The zero-order valence-electron chi connectivity index (χ0n) is 9.91. The summed E-state index contributed by atoms with van der Waals surface area (Å²) in [5.41, 5.74) is 0.583. The Hall–Kier alpha value is -1.88. The van der Waals surface area contributed by atoms with Crippen LogP contribution in [0.3, 0.4) is 0 Å². The maximum Gasteiger partial charge on any atom is 0.343 e. The lowest BCUT2D eigenvalue weighted by atomic mass is 10.1. The Morgan fingerprint density at radius 3 is 2.94 bits per heavy atom. The van der Waals surface area contributed by atoms with Gasteiger partial charge in [-0.25, -0.2) is 9.78 Å². The van der Waals surface area contributed by atoms with Crippen LogP contribution in [0.5, 0.6) is 0 Å². The highest BCUT2D eigenvalue weighted by atomic mass is 35.5. The van der Waals surface area contributed by atoms with Gasteiger partial charge in [-0.1, -0.05) is 11.6 Å². The number of hydrogen-bond acceptors (Lipinski definition) is 4. The number of pyridine rings is 2. The third-order valence-corrected chi connectivity index (χ3v) is 2.72. The van der Waals surface area contributed by atoms with Crippen LogP contribution in [-0.2, 0) is 4.74 Å². The van der Waals surface area contributed by atoms with Gasteiger partial charge in [0.1, 0.15) is 5.56 Å². The van der Waals surface area contributed by atoms with Crippen LogP contribution in [0, 0.1) is 6.92 Å². The molecule has 0 bridgehead atoms. The molecule has 0 aliphatic carbocycles. The highest BCUT2D eigenvalue weighted by molar-refractivity contribution is 6.33. The second-order valence-electron chi connectivity index (χ2n) is 3.73. The Morgan fingerprint density at radius 2 is 2.28 bits per heavy atom. The van der Waals surface area contributed by atoms with E-state index in [-0.39, 0.29) is 17.3 Å². The fraction of sp³-hybridized carbons (Fsp3) is 0.250. The van der Waals surface area contributed by atoms with E-state index in [9.17, 15) is 9.59 Å². The normalized spacial score (nSPS) is 10.6. The number of H-pyrrole nitrogens is 1. The van der Waals surface area contributed by atoms with Gasteiger partial charge in [-0.05, 0) is 19.9 Å². The first-order valence-electron chi connectivity index (χ1n) is 5.40. The zero-order chi connectivity index (χ0) is 13.3. The molecule has 0 aliphatic heterocycles. The van der Waals surface area contributed by atoms with Crippen molar-refractivity contribution < 1.29 is 9.53 Å². The van der Waals surface area contributed by atoms with Gasteiger partial charge in [0.2, 0.25) is 5.43 Å². The van der Waals surface area contributed by atoms with E-state index in [0.29, 0.717) is 16.6 Å². The molecule has 0 unspecified atom stereocenters. The quantitative estimate of drug-likeness (QED) is 0.667. The van der Waals surface area contributed by atoms with Gasteiger partial charge in [-0.2, -0.15) is 0 Å². The lowest BCUT2D eigenvalue weighted by Crippen LogP contribution is -2.18. The van der Waals surface area contributed by atoms with Crippen LogP contribution < -0.4 is 5.43 Å². The van der Waals surface area contributed by atoms with Gasteiger partial charge in [0.25, 0.3) is 0 Å². The van der Waals surface area contributed by atoms with Crippen molar-refractivity contribution >= 4 is 28.5 Å². The number of aryl methyl sites for hydroxylation is 1. The largest absolute Gasteiger partial charge is 0.462 e. The number of fused-ring (bicyclic) bond motifs is 1. The standard InChI is InChI=1S/C12H11ClN2O3/c1-3-18-12(17)8-5-14-9-7(10(8)16)4-6(2)15-11(9)13/h4-5H,3H2,1-2H3,(H,14,16). The van der Waals surface area contributed by atoms with Crippen LogP contribution >= 0.6 is 11.6 Å². The summed E-state index contributed by atoms with van der Waals surface area (Å²) in [7, 11) is 0. The van der Waals surface area contributed by atoms with E-state index in [1.807, 2.05) is 0 Å². The summed E-state index contributed by atoms with van der Waals surface area (Å²) >= 11 is 5.93. The third kappa shape index (κ3) is 2.09. The minimum atomic E-state index is -0.647. The van der Waals surface area contributed by atoms with Crippen molar-refractivity contribution in [1.82, 2.24) is 9.97 Å². The molecule has 2 rings (SSSR count). The van der Waals surface area contributed by atoms with Crippen LogP contribution in [0.25, 0.3) is 10.9 Å². The first-order valence-corrected chi connectivity index (χ1v) is 5.78. The van der Waals surface area contributed by atoms with Crippen molar-refractivity contribution in [3.8, 4) is 0 Å². The predicted molar refractivity (Wildman–Crippen MR) is 68.1 cm³/mol. The topological polar surface area (TPSA) is 72.1 Å². The molecule has 2 aromatic heterocycles. The number of carbonyl (C=O) groups is 1. The first-order chi connectivity index (χ1) is 8.54. The minimum absolute atomic E-state index is 0.0361. The number of esters is 1. The molecule has 1 N–H and O–H groups in total. The second-order valence-corrected chi connectivity index (χ2v) is 4.09. The van der Waals surface area contributed by atoms with E-state index in [1.165, 1.54) is 6.20 Å². The number of nitrogens with zero attached hydrogens (tertiary/aromatic N) is 1. The average molecular weight is 267 g/mol. The molecule has 2 aromatic rings. The van der Waals surface area contributed by atoms with Crippen LogP contribution in [0.15, 0.2) is 17.1 Å². The number of aromatic amines is 1. The fourth-order valence-corrected chi connectivity index (χ4v) is 1.96. The number of carbonyl (C=O) groups excluding carboxylic acids is 1. The van der Waals surface area contributed by atoms with Crippen molar-refractivity contribution in [2.24, 2.45) is 0 Å². The SMILES string of the molecule is CCOC(=O)c1c[nH]c2c(Cl)nc(C)cc2c1=O. The maximum absolute atomic E-state index is 12.1. The summed E-state index contributed by atoms with van der Waals surface area (Å²) in [6.45, 7) is 3.62. The van der Waals surface area contributed by atoms with E-state index in [0.717, 1.165) is 0 Å². The molecule has 0 aromatic carbocycles. The fourth-order valence-electron chi connectivity index (χ4n) is 1.67. The first kappa shape index (κ1) is 12.6. The Bertz CT molecular complexity index is 679. The summed E-state index contributed by atoms with van der Waals surface area (Å²) < 4.78 is 4.81. The number of nitrogens with one attached hydrogen (secondary N) is 1. The van der Waals surface area contributed by atoms with Crippen molar-refractivity contribution in [3.63, 3.8) is 0 Å². The van der Waals surface area contributed by atoms with E-state index < -0.39 is 11.4 Å². The molecule has 18 heavy (non-hydrogen) atoms. The van der Waals surface area contributed by atoms with Gasteiger partial charge in [0, 0.05) is 11.9 Å². The summed E-state index contributed by atoms with van der Waals surface area (Å²) in [6, 6.07) is 1.59. The molecule has 0 amide bonds. The van der Waals surface area contributed by atoms with Crippen LogP contribution in [-0.4, -0.2) is 22.5 Å². The molecule has 0 atom stereocenters. The Kier molecular flexibility index (Phi) is 3.34. The molecule has 94 valence electrons. The molecule has 0 saturated heterocycles. The van der Waals surface area contributed by atoms with Gasteiger partial charge < -0.3 is 9.72 Å². The van der Waals surface area contributed by atoms with Gasteiger partial charge in [0.15, 0.2) is 5.15 Å². The molecule has 0 radical (unpaired) electrons. The van der Waals surface area contributed by atoms with E-state index in [2.05, 4.69) is 9.97 Å². The Balaban J connectivity index is 2.71. The van der Waals surface area contributed by atoms with Crippen molar-refractivity contribution in [2.45, 2.75) is 13.8 Å². The van der Waals surface area contributed by atoms with Crippen molar-refractivity contribution in [2.75, 3.05) is 6.61 Å².